The third-order valence-corrected chi connectivity index (χ3v) is 2.86. The molecule has 0 amide bonds. The standard InChI is InChI=1S/C11H10BrF3O2/c12-8-4-1-7(2-5-8)3-6-9(10(16)17)11(13,14)15/h1-2,4-5,9H,3,6H2,(H,16,17). The van der Waals surface area contributed by atoms with Crippen molar-refractivity contribution >= 4 is 21.9 Å². The lowest BCUT2D eigenvalue weighted by atomic mass is 9.99. The molecule has 0 heterocycles. The summed E-state index contributed by atoms with van der Waals surface area (Å²) in [6.07, 6.45) is -5.05. The Bertz CT molecular complexity index is 387. The van der Waals surface area contributed by atoms with Crippen molar-refractivity contribution in [3.63, 3.8) is 0 Å². The van der Waals surface area contributed by atoms with Gasteiger partial charge in [0.25, 0.3) is 0 Å². The minimum absolute atomic E-state index is 0.0871. The van der Waals surface area contributed by atoms with Gasteiger partial charge in [-0.2, -0.15) is 13.2 Å². The van der Waals surface area contributed by atoms with Gasteiger partial charge in [-0.3, -0.25) is 4.79 Å². The number of rotatable bonds is 4. The van der Waals surface area contributed by atoms with Crippen LogP contribution in [0.15, 0.2) is 28.7 Å². The number of aliphatic carboxylic acids is 1. The molecule has 0 bridgehead atoms. The quantitative estimate of drug-likeness (QED) is 0.921. The van der Waals surface area contributed by atoms with Crippen LogP contribution < -0.4 is 0 Å². The van der Waals surface area contributed by atoms with Gasteiger partial charge in [0.15, 0.2) is 5.92 Å². The van der Waals surface area contributed by atoms with Crippen LogP contribution in [0.25, 0.3) is 0 Å². The lowest BCUT2D eigenvalue weighted by molar-refractivity contribution is -0.194. The highest BCUT2D eigenvalue weighted by Gasteiger charge is 2.44. The summed E-state index contributed by atoms with van der Waals surface area (Å²) in [5.41, 5.74) is 0.684. The molecule has 17 heavy (non-hydrogen) atoms. The minimum Gasteiger partial charge on any atom is -0.481 e. The summed E-state index contributed by atoms with van der Waals surface area (Å²) in [6, 6.07) is 6.75. The molecule has 0 spiro atoms. The molecule has 2 nitrogen and oxygen atoms in total. The summed E-state index contributed by atoms with van der Waals surface area (Å²) in [5.74, 6) is -4.12. The molecule has 6 heteroatoms. The topological polar surface area (TPSA) is 37.3 Å². The molecule has 0 aliphatic heterocycles. The van der Waals surface area contributed by atoms with Crippen molar-refractivity contribution in [1.29, 1.82) is 0 Å². The molecule has 1 unspecified atom stereocenters. The molecule has 0 aliphatic carbocycles. The number of halogens is 4. The molecule has 0 fully saturated rings. The number of hydrogen-bond donors (Lipinski definition) is 1. The van der Waals surface area contributed by atoms with Crippen molar-refractivity contribution in [3.05, 3.63) is 34.3 Å². The minimum atomic E-state index is -4.69. The molecule has 1 aromatic carbocycles. The number of hydrogen-bond acceptors (Lipinski definition) is 1. The van der Waals surface area contributed by atoms with Gasteiger partial charge in [-0.25, -0.2) is 0 Å². The zero-order valence-corrected chi connectivity index (χ0v) is 10.3. The van der Waals surface area contributed by atoms with E-state index in [0.29, 0.717) is 5.56 Å². The Kier molecular flexibility index (Phi) is 4.56. The zero-order valence-electron chi connectivity index (χ0n) is 8.67. The number of carboxylic acids is 1. The van der Waals surface area contributed by atoms with Crippen molar-refractivity contribution < 1.29 is 23.1 Å². The van der Waals surface area contributed by atoms with Gasteiger partial charge >= 0.3 is 12.1 Å². The van der Waals surface area contributed by atoms with Crippen molar-refractivity contribution in [1.82, 2.24) is 0 Å². The van der Waals surface area contributed by atoms with E-state index >= 15 is 0 Å². The average Bonchev–Trinajstić information content (AvgIpc) is 2.18. The van der Waals surface area contributed by atoms with E-state index in [1.54, 1.807) is 24.3 Å². The first kappa shape index (κ1) is 14.0. The highest BCUT2D eigenvalue weighted by molar-refractivity contribution is 9.10. The maximum absolute atomic E-state index is 12.3. The summed E-state index contributed by atoms with van der Waals surface area (Å²) in [6.45, 7) is 0. The number of carboxylic acid groups (broad SMARTS) is 1. The van der Waals surface area contributed by atoms with E-state index in [4.69, 9.17) is 5.11 Å². The maximum Gasteiger partial charge on any atom is 0.402 e. The van der Waals surface area contributed by atoms with Crippen molar-refractivity contribution in [2.75, 3.05) is 0 Å². The Morgan fingerprint density at radius 3 is 2.24 bits per heavy atom. The van der Waals surface area contributed by atoms with E-state index in [1.807, 2.05) is 0 Å². The van der Waals surface area contributed by atoms with Crippen LogP contribution >= 0.6 is 15.9 Å². The second-order valence-electron chi connectivity index (χ2n) is 3.60. The number of benzene rings is 1. The van der Waals surface area contributed by atoms with Gasteiger partial charge in [0.05, 0.1) is 0 Å². The second kappa shape index (κ2) is 5.53. The fourth-order valence-corrected chi connectivity index (χ4v) is 1.65. The van der Waals surface area contributed by atoms with Gasteiger partial charge in [-0.05, 0) is 30.5 Å². The largest absolute Gasteiger partial charge is 0.481 e. The maximum atomic E-state index is 12.3. The Hall–Kier alpha value is -1.04. The summed E-state index contributed by atoms with van der Waals surface area (Å²) >= 11 is 3.21. The van der Waals surface area contributed by atoms with Crippen LogP contribution in [-0.4, -0.2) is 17.3 Å². The Balaban J connectivity index is 2.65. The first-order chi connectivity index (χ1) is 7.80. The van der Waals surface area contributed by atoms with Crippen LogP contribution in [0.2, 0.25) is 0 Å². The molecule has 1 rings (SSSR count). The molecule has 0 aliphatic rings. The molecule has 1 N–H and O–H groups in total. The molecule has 94 valence electrons. The number of alkyl halides is 3. The fraction of sp³-hybridized carbons (Fsp3) is 0.364. The molecular weight excluding hydrogens is 301 g/mol. The third-order valence-electron chi connectivity index (χ3n) is 2.33. The van der Waals surface area contributed by atoms with Crippen molar-refractivity contribution in [2.45, 2.75) is 19.0 Å². The van der Waals surface area contributed by atoms with Gasteiger partial charge < -0.3 is 5.11 Å². The molecule has 0 saturated heterocycles. The van der Waals surface area contributed by atoms with Crippen LogP contribution in [-0.2, 0) is 11.2 Å². The summed E-state index contributed by atoms with van der Waals surface area (Å²) in [5, 5.41) is 8.50. The van der Waals surface area contributed by atoms with Gasteiger partial charge in [-0.15, -0.1) is 0 Å². The Morgan fingerprint density at radius 1 is 1.29 bits per heavy atom. The van der Waals surface area contributed by atoms with Gasteiger partial charge in [-0.1, -0.05) is 28.1 Å². The van der Waals surface area contributed by atoms with Crippen LogP contribution in [0.3, 0.4) is 0 Å². The predicted molar refractivity (Wildman–Crippen MR) is 59.6 cm³/mol. The second-order valence-corrected chi connectivity index (χ2v) is 4.51. The zero-order chi connectivity index (χ0) is 13.1. The van der Waals surface area contributed by atoms with Crippen LogP contribution in [0.4, 0.5) is 13.2 Å². The van der Waals surface area contributed by atoms with E-state index < -0.39 is 24.5 Å². The highest BCUT2D eigenvalue weighted by atomic mass is 79.9. The Labute approximate surface area is 105 Å². The van der Waals surface area contributed by atoms with Crippen LogP contribution in [0, 0.1) is 5.92 Å². The first-order valence-corrected chi connectivity index (χ1v) is 5.64. The lowest BCUT2D eigenvalue weighted by Gasteiger charge is -2.15. The molecule has 0 aromatic heterocycles. The van der Waals surface area contributed by atoms with Gasteiger partial charge in [0, 0.05) is 4.47 Å². The van der Waals surface area contributed by atoms with Crippen LogP contribution in [0.1, 0.15) is 12.0 Å². The summed E-state index contributed by atoms with van der Waals surface area (Å²) < 4.78 is 37.9. The average molecular weight is 311 g/mol. The van der Waals surface area contributed by atoms with Crippen LogP contribution in [0.5, 0.6) is 0 Å². The SMILES string of the molecule is O=C(O)C(CCc1ccc(Br)cc1)C(F)(F)F. The highest BCUT2D eigenvalue weighted by Crippen LogP contribution is 2.30. The molecule has 1 atom stereocenters. The molecule has 0 saturated carbocycles. The summed E-state index contributed by atoms with van der Waals surface area (Å²) in [7, 11) is 0. The molecular formula is C11H10BrF3O2. The Morgan fingerprint density at radius 2 is 1.82 bits per heavy atom. The fourth-order valence-electron chi connectivity index (χ4n) is 1.39. The lowest BCUT2D eigenvalue weighted by Crippen LogP contribution is -2.30. The first-order valence-electron chi connectivity index (χ1n) is 4.84. The molecule has 1 aromatic rings. The molecule has 0 radical (unpaired) electrons. The van der Waals surface area contributed by atoms with Gasteiger partial charge in [0.2, 0.25) is 0 Å². The van der Waals surface area contributed by atoms with Gasteiger partial charge in [0.1, 0.15) is 0 Å². The van der Waals surface area contributed by atoms with Crippen molar-refractivity contribution in [3.8, 4) is 0 Å². The van der Waals surface area contributed by atoms with E-state index in [0.717, 1.165) is 4.47 Å². The monoisotopic (exact) mass is 310 g/mol. The smallest absolute Gasteiger partial charge is 0.402 e. The third kappa shape index (κ3) is 4.38. The van der Waals surface area contributed by atoms with E-state index in [2.05, 4.69) is 15.9 Å². The van der Waals surface area contributed by atoms with Crippen molar-refractivity contribution in [2.24, 2.45) is 5.92 Å². The van der Waals surface area contributed by atoms with E-state index in [-0.39, 0.29) is 6.42 Å². The van der Waals surface area contributed by atoms with E-state index in [1.165, 1.54) is 0 Å². The predicted octanol–water partition coefficient (Wildman–Crippen LogP) is 3.64. The number of carbonyl (C=O) groups is 1. The van der Waals surface area contributed by atoms with E-state index in [9.17, 15) is 18.0 Å². The summed E-state index contributed by atoms with van der Waals surface area (Å²) in [4.78, 5) is 10.5. The normalized spacial score (nSPS) is 13.4. The number of aryl methyl sites for hydroxylation is 1.